The molecule has 3 aromatic carbocycles. The third-order valence-corrected chi connectivity index (χ3v) is 7.45. The summed E-state index contributed by atoms with van der Waals surface area (Å²) in [6, 6.07) is 27.9. The second-order valence-corrected chi connectivity index (χ2v) is 10.6. The summed E-state index contributed by atoms with van der Waals surface area (Å²) < 4.78 is 6.75. The van der Waals surface area contributed by atoms with E-state index in [9.17, 15) is 0 Å². The number of aromatic nitrogens is 12. The molecule has 0 spiro atoms. The summed E-state index contributed by atoms with van der Waals surface area (Å²) in [6.45, 7) is 0. The fourth-order valence-corrected chi connectivity index (χ4v) is 5.33. The van der Waals surface area contributed by atoms with Gasteiger partial charge in [-0.05, 0) is 111 Å². The summed E-state index contributed by atoms with van der Waals surface area (Å²) in [4.78, 5) is 19.1. The second-order valence-electron chi connectivity index (χ2n) is 10.6. The van der Waals surface area contributed by atoms with E-state index in [0.29, 0.717) is 0 Å². The average Bonchev–Trinajstić information content (AvgIpc) is 3.99. The summed E-state index contributed by atoms with van der Waals surface area (Å²) in [6.07, 6.45) is 17.9. The van der Waals surface area contributed by atoms with Crippen LogP contribution in [0, 0.1) is 0 Å². The zero-order valence-electron chi connectivity index (χ0n) is 25.7. The number of fused-ring (bicyclic) bond motifs is 8. The molecule has 0 N–H and O–H groups in total. The summed E-state index contributed by atoms with van der Waals surface area (Å²) in [5, 5.41) is 20.3. The van der Waals surface area contributed by atoms with Gasteiger partial charge in [0.05, 0.1) is 33.1 Å². The number of hydrogen-bond donors (Lipinski definition) is 0. The normalized spacial score (nSPS) is 10.9. The maximum atomic E-state index is 4.98. The molecule has 0 saturated carbocycles. The Bertz CT molecular complexity index is 2330. The number of rotatable bonds is 4. The van der Waals surface area contributed by atoms with Crippen LogP contribution >= 0.6 is 0 Å². The molecule has 0 aliphatic heterocycles. The maximum Gasteiger partial charge on any atom is 2.00 e. The Balaban J connectivity index is 0.000000136. The van der Waals surface area contributed by atoms with E-state index in [4.69, 9.17) is 9.97 Å². The standard InChI is InChI=1S/C22H12N4.2C6H6BN4.Fe/c1-2-6-14-12-18-17(11-13(14)5-1)25-21-15-7-3-9-23-19(15)20-16(22(21)26-18)8-4-10-24-20;2*1-3-8-10(5-1)7-11-6-2-4-9-11;/h1-12H;2*1-6H;/q;2*-1;+2. The molecule has 12 nitrogen and oxygen atoms in total. The molecule has 10 aromatic rings. The van der Waals surface area contributed by atoms with E-state index in [1.54, 1.807) is 70.7 Å². The fourth-order valence-electron chi connectivity index (χ4n) is 5.33. The number of benzene rings is 3. The zero-order valence-corrected chi connectivity index (χ0v) is 26.8. The van der Waals surface area contributed by atoms with Crippen molar-refractivity contribution in [1.82, 2.24) is 58.7 Å². The SMILES string of the molecule is [B-](n1cccn1)n1cccn1.[B-](n1cccn1)n1cccn1.[Fe+2].c1ccc2cc3nc4c5cccnc5c5ncccc5c4nc3cc2c1. The van der Waals surface area contributed by atoms with E-state index in [2.05, 4.69) is 54.6 Å². The average molecular weight is 678 g/mol. The molecular formula is C34H24B2FeN12. The van der Waals surface area contributed by atoms with Crippen LogP contribution in [-0.2, 0) is 17.1 Å². The van der Waals surface area contributed by atoms with Gasteiger partial charge in [-0.15, -0.1) is 0 Å². The van der Waals surface area contributed by atoms with Gasteiger partial charge in [-0.1, -0.05) is 24.3 Å². The van der Waals surface area contributed by atoms with Crippen molar-refractivity contribution < 1.29 is 17.1 Å². The molecule has 0 amide bonds. The van der Waals surface area contributed by atoms with E-state index < -0.39 is 0 Å². The van der Waals surface area contributed by atoms with Crippen molar-refractivity contribution in [2.45, 2.75) is 0 Å². The van der Waals surface area contributed by atoms with Gasteiger partial charge in [0.15, 0.2) is 0 Å². The van der Waals surface area contributed by atoms with Crippen molar-refractivity contribution in [2.24, 2.45) is 0 Å². The first-order valence-corrected chi connectivity index (χ1v) is 15.1. The van der Waals surface area contributed by atoms with Gasteiger partial charge < -0.3 is 18.4 Å². The third kappa shape index (κ3) is 6.79. The quantitative estimate of drug-likeness (QED) is 0.144. The molecule has 49 heavy (non-hydrogen) atoms. The van der Waals surface area contributed by atoms with Gasteiger partial charge in [0.25, 0.3) is 0 Å². The largest absolute Gasteiger partial charge is 2.00 e. The van der Waals surface area contributed by atoms with E-state index in [0.717, 1.165) is 43.9 Å². The minimum atomic E-state index is 0. The molecule has 15 heteroatoms. The van der Waals surface area contributed by atoms with Crippen LogP contribution in [0.1, 0.15) is 0 Å². The van der Waals surface area contributed by atoms with Gasteiger partial charge in [-0.3, -0.25) is 9.97 Å². The fraction of sp³-hybridized carbons (Fsp3) is 0. The minimum absolute atomic E-state index is 0. The van der Waals surface area contributed by atoms with E-state index >= 15 is 0 Å². The first kappa shape index (κ1) is 31.4. The molecule has 0 aliphatic rings. The first-order chi connectivity index (χ1) is 23.8. The molecule has 10 rings (SSSR count). The molecule has 4 radical (unpaired) electrons. The van der Waals surface area contributed by atoms with Crippen LogP contribution in [0.5, 0.6) is 0 Å². The maximum absolute atomic E-state index is 4.98. The third-order valence-electron chi connectivity index (χ3n) is 7.45. The molecule has 7 heterocycles. The number of pyridine rings is 2. The van der Waals surface area contributed by atoms with Crippen molar-refractivity contribution in [2.75, 3.05) is 0 Å². The van der Waals surface area contributed by atoms with Crippen LogP contribution in [0.3, 0.4) is 0 Å². The molecule has 0 aliphatic carbocycles. The monoisotopic (exact) mass is 678 g/mol. The van der Waals surface area contributed by atoms with E-state index in [-0.39, 0.29) is 17.1 Å². The van der Waals surface area contributed by atoms with Crippen LogP contribution in [0.2, 0.25) is 0 Å². The van der Waals surface area contributed by atoms with Gasteiger partial charge >= 0.3 is 17.1 Å². The van der Waals surface area contributed by atoms with Crippen LogP contribution in [0.25, 0.3) is 54.6 Å². The van der Waals surface area contributed by atoms with Crippen molar-refractivity contribution in [1.29, 1.82) is 0 Å². The molecule has 0 fully saturated rings. The van der Waals surface area contributed by atoms with Crippen molar-refractivity contribution >= 4 is 69.7 Å². The van der Waals surface area contributed by atoms with E-state index in [1.807, 2.05) is 85.5 Å². The molecule has 234 valence electrons. The van der Waals surface area contributed by atoms with Crippen LogP contribution in [0.15, 0.2) is 147 Å². The summed E-state index contributed by atoms with van der Waals surface area (Å²) in [5.74, 6) is 0. The van der Waals surface area contributed by atoms with Crippen molar-refractivity contribution in [3.63, 3.8) is 0 Å². The van der Waals surface area contributed by atoms with Gasteiger partial charge in [-0.25, -0.2) is 30.4 Å². The van der Waals surface area contributed by atoms with Crippen LogP contribution < -0.4 is 0 Å². The Morgan fingerprint density at radius 2 is 0.796 bits per heavy atom. The van der Waals surface area contributed by atoms with Crippen LogP contribution in [0.4, 0.5) is 0 Å². The van der Waals surface area contributed by atoms with Crippen LogP contribution in [-0.4, -0.2) is 73.8 Å². The van der Waals surface area contributed by atoms with Gasteiger partial charge in [-0.2, -0.15) is 0 Å². The summed E-state index contributed by atoms with van der Waals surface area (Å²) in [7, 11) is 3.56. The minimum Gasteiger partial charge on any atom is -0.489 e. The molecule has 7 aromatic heterocycles. The van der Waals surface area contributed by atoms with Gasteiger partial charge in [0, 0.05) is 48.0 Å². The number of nitrogens with zero attached hydrogens (tertiary/aromatic N) is 12. The second kappa shape index (κ2) is 14.3. The molecule has 0 saturated heterocycles. The zero-order chi connectivity index (χ0) is 32.1. The molecule has 0 unspecified atom stereocenters. The van der Waals surface area contributed by atoms with Crippen molar-refractivity contribution in [3.8, 4) is 0 Å². The molecule has 0 bridgehead atoms. The van der Waals surface area contributed by atoms with Gasteiger partial charge in [0.1, 0.15) is 0 Å². The predicted molar refractivity (Wildman–Crippen MR) is 187 cm³/mol. The topological polar surface area (TPSA) is 123 Å². The van der Waals surface area contributed by atoms with E-state index in [1.165, 1.54) is 10.8 Å². The Morgan fingerprint density at radius 1 is 0.408 bits per heavy atom. The first-order valence-electron chi connectivity index (χ1n) is 15.1. The Labute approximate surface area is 291 Å². The Kier molecular flexibility index (Phi) is 9.17. The molecular weight excluding hydrogens is 654 g/mol. The number of hydrogen-bond acceptors (Lipinski definition) is 8. The smallest absolute Gasteiger partial charge is 0.489 e. The Morgan fingerprint density at radius 3 is 1.14 bits per heavy atom. The van der Waals surface area contributed by atoms with Gasteiger partial charge in [0.2, 0.25) is 0 Å². The van der Waals surface area contributed by atoms with Crippen molar-refractivity contribution in [3.05, 3.63) is 147 Å². The molecule has 0 atom stereocenters. The predicted octanol–water partition coefficient (Wildman–Crippen LogP) is 5.05. The Hall–Kier alpha value is -6.17. The summed E-state index contributed by atoms with van der Waals surface area (Å²) >= 11 is 0. The summed E-state index contributed by atoms with van der Waals surface area (Å²) in [5.41, 5.74) is 5.26.